The van der Waals surface area contributed by atoms with Gasteiger partial charge in [0, 0.05) is 17.8 Å². The van der Waals surface area contributed by atoms with Gasteiger partial charge in [0.1, 0.15) is 0 Å². The third kappa shape index (κ3) is 3.77. The van der Waals surface area contributed by atoms with Gasteiger partial charge in [0.05, 0.1) is 36.3 Å². The molecule has 2 N–H and O–H groups in total. The summed E-state index contributed by atoms with van der Waals surface area (Å²) in [4.78, 5) is 36.4. The summed E-state index contributed by atoms with van der Waals surface area (Å²) in [6.07, 6.45) is 0. The monoisotopic (exact) mass is 349 g/mol. The Morgan fingerprint density at radius 1 is 1.48 bits per heavy atom. The van der Waals surface area contributed by atoms with Gasteiger partial charge < -0.3 is 15.2 Å². The predicted octanol–water partition coefficient (Wildman–Crippen LogP) is 1.49. The first-order chi connectivity index (χ1) is 11.9. The van der Waals surface area contributed by atoms with Crippen LogP contribution in [0.25, 0.3) is 0 Å². The molecule has 1 aliphatic heterocycles. The summed E-state index contributed by atoms with van der Waals surface area (Å²) >= 11 is 0. The van der Waals surface area contributed by atoms with Crippen molar-refractivity contribution < 1.29 is 24.4 Å². The summed E-state index contributed by atoms with van der Waals surface area (Å²) in [5.41, 5.74) is 0.766. The number of ether oxygens (including phenoxy) is 1. The molecular weight excluding hydrogens is 330 g/mol. The SMILES string of the molecule is CCOC(=O)C1=C(C)N(CCO)C(=O)N[C@@H]1c1cccc([N+](=O)[O-])c1. The predicted molar refractivity (Wildman–Crippen MR) is 87.5 cm³/mol. The van der Waals surface area contributed by atoms with Gasteiger partial charge in [-0.2, -0.15) is 0 Å². The minimum atomic E-state index is -0.874. The number of nitro benzene ring substituents is 1. The second kappa shape index (κ2) is 7.75. The quantitative estimate of drug-likeness (QED) is 0.456. The average molecular weight is 349 g/mol. The first kappa shape index (κ1) is 18.4. The summed E-state index contributed by atoms with van der Waals surface area (Å²) in [6, 6.07) is 4.33. The topological polar surface area (TPSA) is 122 Å². The Balaban J connectivity index is 2.54. The lowest BCUT2D eigenvalue weighted by atomic mass is 9.94. The molecule has 134 valence electrons. The molecule has 1 atom stereocenters. The Bertz CT molecular complexity index is 730. The summed E-state index contributed by atoms with van der Waals surface area (Å²) in [5, 5.41) is 22.8. The van der Waals surface area contributed by atoms with Crippen LogP contribution in [0.2, 0.25) is 0 Å². The van der Waals surface area contributed by atoms with Gasteiger partial charge in [-0.05, 0) is 19.4 Å². The number of allylic oxidation sites excluding steroid dienone is 1. The number of hydrogen-bond donors (Lipinski definition) is 2. The highest BCUT2D eigenvalue weighted by molar-refractivity contribution is 5.95. The number of benzene rings is 1. The van der Waals surface area contributed by atoms with E-state index in [0.29, 0.717) is 11.3 Å². The van der Waals surface area contributed by atoms with Crippen molar-refractivity contribution in [3.8, 4) is 0 Å². The van der Waals surface area contributed by atoms with Crippen LogP contribution in [0.15, 0.2) is 35.5 Å². The van der Waals surface area contributed by atoms with Crippen LogP contribution in [-0.2, 0) is 9.53 Å². The van der Waals surface area contributed by atoms with Gasteiger partial charge in [0.2, 0.25) is 0 Å². The van der Waals surface area contributed by atoms with Gasteiger partial charge in [-0.25, -0.2) is 9.59 Å². The average Bonchev–Trinajstić information content (AvgIpc) is 2.58. The van der Waals surface area contributed by atoms with Crippen molar-refractivity contribution in [3.63, 3.8) is 0 Å². The maximum Gasteiger partial charge on any atom is 0.338 e. The minimum Gasteiger partial charge on any atom is -0.463 e. The van der Waals surface area contributed by atoms with Crippen molar-refractivity contribution in [2.24, 2.45) is 0 Å². The molecule has 2 rings (SSSR count). The van der Waals surface area contributed by atoms with Gasteiger partial charge in [-0.3, -0.25) is 15.0 Å². The van der Waals surface area contributed by atoms with E-state index >= 15 is 0 Å². The van der Waals surface area contributed by atoms with Crippen LogP contribution >= 0.6 is 0 Å². The number of nitro groups is 1. The number of β-amino-alcohol motifs (C(OH)–C–C–N with tert-alkyl or cyclic N) is 1. The Kier molecular flexibility index (Phi) is 5.71. The molecule has 1 aromatic carbocycles. The van der Waals surface area contributed by atoms with Gasteiger partial charge in [-0.1, -0.05) is 12.1 Å². The Morgan fingerprint density at radius 3 is 2.80 bits per heavy atom. The number of amides is 2. The Labute approximate surface area is 144 Å². The second-order valence-corrected chi connectivity index (χ2v) is 5.33. The van der Waals surface area contributed by atoms with Crippen LogP contribution in [0.4, 0.5) is 10.5 Å². The van der Waals surface area contributed by atoms with E-state index in [0.717, 1.165) is 0 Å². The molecule has 2 amide bonds. The van der Waals surface area contributed by atoms with Gasteiger partial charge in [-0.15, -0.1) is 0 Å². The van der Waals surface area contributed by atoms with E-state index in [2.05, 4.69) is 5.32 Å². The third-order valence-corrected chi connectivity index (χ3v) is 3.83. The van der Waals surface area contributed by atoms with E-state index in [4.69, 9.17) is 9.84 Å². The number of hydrogen-bond acceptors (Lipinski definition) is 6. The van der Waals surface area contributed by atoms with Crippen LogP contribution < -0.4 is 5.32 Å². The molecule has 1 aliphatic rings. The van der Waals surface area contributed by atoms with E-state index < -0.39 is 23.0 Å². The normalized spacial score (nSPS) is 17.3. The molecule has 0 aromatic heterocycles. The lowest BCUT2D eigenvalue weighted by Crippen LogP contribution is -2.48. The zero-order valence-electron chi connectivity index (χ0n) is 13.9. The molecule has 0 spiro atoms. The zero-order chi connectivity index (χ0) is 18.6. The van der Waals surface area contributed by atoms with Crippen LogP contribution in [-0.4, -0.2) is 46.7 Å². The maximum absolute atomic E-state index is 12.4. The third-order valence-electron chi connectivity index (χ3n) is 3.83. The standard InChI is InChI=1S/C16H19N3O6/c1-3-25-15(21)13-10(2)18(7-8-20)16(22)17-14(13)11-5-4-6-12(9-11)19(23)24/h4-6,9,14,20H,3,7-8H2,1-2H3,(H,17,22)/t14-/m1/s1. The highest BCUT2D eigenvalue weighted by Crippen LogP contribution is 2.32. The first-order valence-corrected chi connectivity index (χ1v) is 7.71. The number of nitrogens with zero attached hydrogens (tertiary/aromatic N) is 2. The minimum absolute atomic E-state index is 0.0161. The molecule has 0 saturated heterocycles. The van der Waals surface area contributed by atoms with Gasteiger partial charge in [0.15, 0.2) is 0 Å². The summed E-state index contributed by atoms with van der Waals surface area (Å²) in [7, 11) is 0. The fraction of sp³-hybridized carbons (Fsp3) is 0.375. The molecule has 1 heterocycles. The molecular formula is C16H19N3O6. The molecule has 25 heavy (non-hydrogen) atoms. The Hall–Kier alpha value is -2.94. The molecule has 9 heteroatoms. The molecule has 0 bridgehead atoms. The lowest BCUT2D eigenvalue weighted by molar-refractivity contribution is -0.384. The second-order valence-electron chi connectivity index (χ2n) is 5.33. The number of urea groups is 1. The number of aliphatic hydroxyl groups excluding tert-OH is 1. The van der Waals surface area contributed by atoms with E-state index in [1.165, 1.54) is 23.1 Å². The van der Waals surface area contributed by atoms with E-state index in [9.17, 15) is 19.7 Å². The summed E-state index contributed by atoms with van der Waals surface area (Å²) in [6.45, 7) is 3.11. The summed E-state index contributed by atoms with van der Waals surface area (Å²) in [5.74, 6) is -0.626. The maximum atomic E-state index is 12.4. The molecule has 0 radical (unpaired) electrons. The Morgan fingerprint density at radius 2 is 2.20 bits per heavy atom. The van der Waals surface area contributed by atoms with Gasteiger partial charge >= 0.3 is 12.0 Å². The molecule has 9 nitrogen and oxygen atoms in total. The molecule has 0 fully saturated rings. The number of carbonyl (C=O) groups is 2. The summed E-state index contributed by atoms with van der Waals surface area (Å²) < 4.78 is 5.07. The van der Waals surface area contributed by atoms with E-state index in [1.54, 1.807) is 19.9 Å². The van der Waals surface area contributed by atoms with Crippen molar-refractivity contribution in [1.29, 1.82) is 0 Å². The van der Waals surface area contributed by atoms with Crippen molar-refractivity contribution in [1.82, 2.24) is 10.2 Å². The zero-order valence-corrected chi connectivity index (χ0v) is 13.9. The largest absolute Gasteiger partial charge is 0.463 e. The molecule has 0 aliphatic carbocycles. The van der Waals surface area contributed by atoms with E-state index in [1.807, 2.05) is 0 Å². The van der Waals surface area contributed by atoms with Crippen molar-refractivity contribution in [3.05, 3.63) is 51.2 Å². The fourth-order valence-corrected chi connectivity index (χ4v) is 2.69. The van der Waals surface area contributed by atoms with Crippen LogP contribution in [0.3, 0.4) is 0 Å². The number of esters is 1. The number of carbonyl (C=O) groups excluding carboxylic acids is 2. The van der Waals surface area contributed by atoms with E-state index in [-0.39, 0.29) is 31.0 Å². The van der Waals surface area contributed by atoms with Crippen molar-refractivity contribution in [2.45, 2.75) is 19.9 Å². The molecule has 1 aromatic rings. The van der Waals surface area contributed by atoms with Crippen LogP contribution in [0.1, 0.15) is 25.5 Å². The number of nitrogens with one attached hydrogen (secondary N) is 1. The van der Waals surface area contributed by atoms with Crippen molar-refractivity contribution >= 4 is 17.7 Å². The van der Waals surface area contributed by atoms with Gasteiger partial charge in [0.25, 0.3) is 5.69 Å². The van der Waals surface area contributed by atoms with Crippen molar-refractivity contribution in [2.75, 3.05) is 19.8 Å². The van der Waals surface area contributed by atoms with Crippen LogP contribution in [0.5, 0.6) is 0 Å². The highest BCUT2D eigenvalue weighted by Gasteiger charge is 2.36. The highest BCUT2D eigenvalue weighted by atomic mass is 16.6. The van der Waals surface area contributed by atoms with Crippen LogP contribution in [0, 0.1) is 10.1 Å². The number of aliphatic hydroxyl groups is 1. The number of non-ortho nitro benzene ring substituents is 1. The fourth-order valence-electron chi connectivity index (χ4n) is 2.69. The smallest absolute Gasteiger partial charge is 0.338 e. The molecule has 0 unspecified atom stereocenters. The number of rotatable bonds is 6. The molecule has 0 saturated carbocycles. The lowest BCUT2D eigenvalue weighted by Gasteiger charge is -2.35. The first-order valence-electron chi connectivity index (χ1n) is 7.71.